The van der Waals surface area contributed by atoms with Crippen LogP contribution in [-0.2, 0) is 12.8 Å². The van der Waals surface area contributed by atoms with Crippen LogP contribution in [0.5, 0.6) is 0 Å². The van der Waals surface area contributed by atoms with Gasteiger partial charge in [-0.25, -0.2) is 0 Å². The Kier molecular flexibility index (Phi) is 5.87. The van der Waals surface area contributed by atoms with E-state index in [-0.39, 0.29) is 0 Å². The molecular formula is C40H40. The second-order valence-corrected chi connectivity index (χ2v) is 12.8. The van der Waals surface area contributed by atoms with E-state index in [4.69, 9.17) is 0 Å². The van der Waals surface area contributed by atoms with Crippen molar-refractivity contribution >= 4 is 43.1 Å². The van der Waals surface area contributed by atoms with Gasteiger partial charge in [0, 0.05) is 0 Å². The van der Waals surface area contributed by atoms with Gasteiger partial charge in [0.25, 0.3) is 0 Å². The van der Waals surface area contributed by atoms with Crippen LogP contribution in [0.4, 0.5) is 0 Å². The van der Waals surface area contributed by atoms with E-state index in [0.717, 1.165) is 0 Å². The van der Waals surface area contributed by atoms with E-state index in [2.05, 4.69) is 74.5 Å². The first kappa shape index (κ1) is 24.4. The topological polar surface area (TPSA) is 0 Å². The Labute approximate surface area is 238 Å². The predicted molar refractivity (Wildman–Crippen MR) is 175 cm³/mol. The van der Waals surface area contributed by atoms with Crippen molar-refractivity contribution in [3.05, 3.63) is 82.9 Å². The van der Waals surface area contributed by atoms with Gasteiger partial charge in [-0.15, -0.1) is 0 Å². The molecule has 0 aromatic heterocycles. The van der Waals surface area contributed by atoms with Crippen molar-refractivity contribution in [3.63, 3.8) is 0 Å². The fraction of sp³-hybridized carbons (Fsp3) is 0.350. The lowest BCUT2D eigenvalue weighted by Crippen LogP contribution is -2.04. The average Bonchev–Trinajstić information content (AvgIpc) is 3.31. The van der Waals surface area contributed by atoms with Crippen molar-refractivity contribution in [2.45, 2.75) is 90.9 Å². The monoisotopic (exact) mass is 520 g/mol. The highest BCUT2D eigenvalue weighted by Crippen LogP contribution is 2.55. The lowest BCUT2D eigenvalue weighted by atomic mass is 9.82. The second-order valence-electron chi connectivity index (χ2n) is 12.8. The third-order valence-corrected chi connectivity index (χ3v) is 10.6. The lowest BCUT2D eigenvalue weighted by molar-refractivity contribution is 0.550. The van der Waals surface area contributed by atoms with Crippen LogP contribution in [-0.4, -0.2) is 0 Å². The average molecular weight is 521 g/mol. The summed E-state index contributed by atoms with van der Waals surface area (Å²) in [4.78, 5) is 0. The predicted octanol–water partition coefficient (Wildman–Crippen LogP) is 12.0. The largest absolute Gasteiger partial charge is 0.0610 e. The van der Waals surface area contributed by atoms with Crippen LogP contribution in [0.25, 0.3) is 65.3 Å². The summed E-state index contributed by atoms with van der Waals surface area (Å²) in [6, 6.07) is 23.6. The quantitative estimate of drug-likeness (QED) is 0.138. The molecule has 0 unspecified atom stereocenters. The van der Waals surface area contributed by atoms with Gasteiger partial charge >= 0.3 is 0 Å². The molecule has 0 N–H and O–H groups in total. The molecule has 0 atom stereocenters. The van der Waals surface area contributed by atoms with Gasteiger partial charge in [-0.2, -0.15) is 0 Å². The zero-order valence-electron chi connectivity index (χ0n) is 24.3. The van der Waals surface area contributed by atoms with E-state index in [1.807, 2.05) is 0 Å². The fourth-order valence-corrected chi connectivity index (χ4v) is 8.52. The minimum absolute atomic E-state index is 1.21. The summed E-state index contributed by atoms with van der Waals surface area (Å²) in [5.74, 6) is 0. The van der Waals surface area contributed by atoms with E-state index in [0.29, 0.717) is 0 Å². The summed E-state index contributed by atoms with van der Waals surface area (Å²) in [7, 11) is 0. The van der Waals surface area contributed by atoms with E-state index in [1.165, 1.54) is 131 Å². The van der Waals surface area contributed by atoms with Crippen molar-refractivity contribution < 1.29 is 0 Å². The van der Waals surface area contributed by atoms with Gasteiger partial charge in [-0.05, 0) is 127 Å². The van der Waals surface area contributed by atoms with Crippen molar-refractivity contribution in [2.75, 3.05) is 0 Å². The molecule has 0 saturated carbocycles. The maximum absolute atomic E-state index is 2.49. The molecule has 2 aliphatic carbocycles. The van der Waals surface area contributed by atoms with E-state index in [1.54, 1.807) is 33.4 Å². The summed E-state index contributed by atoms with van der Waals surface area (Å²) in [5, 5.41) is 11.4. The summed E-state index contributed by atoms with van der Waals surface area (Å²) in [5.41, 5.74) is 12.6. The summed E-state index contributed by atoms with van der Waals surface area (Å²) in [6.07, 6.45) is 16.2. The molecule has 0 amide bonds. The van der Waals surface area contributed by atoms with Crippen LogP contribution in [0.1, 0.15) is 86.5 Å². The van der Waals surface area contributed by atoms with Gasteiger partial charge < -0.3 is 0 Å². The Morgan fingerprint density at radius 2 is 0.825 bits per heavy atom. The minimum atomic E-state index is 1.21. The Hall–Kier alpha value is -3.38. The van der Waals surface area contributed by atoms with Gasteiger partial charge in [0.05, 0.1) is 0 Å². The first-order valence-electron chi connectivity index (χ1n) is 16.0. The number of fused-ring (bicyclic) bond motifs is 2. The van der Waals surface area contributed by atoms with Crippen molar-refractivity contribution in [2.24, 2.45) is 0 Å². The van der Waals surface area contributed by atoms with Crippen molar-refractivity contribution in [1.29, 1.82) is 0 Å². The van der Waals surface area contributed by atoms with Gasteiger partial charge in [-0.1, -0.05) is 112 Å². The minimum Gasteiger partial charge on any atom is -0.0610 e. The van der Waals surface area contributed by atoms with Crippen LogP contribution < -0.4 is 0 Å². The van der Waals surface area contributed by atoms with Crippen LogP contribution in [0.2, 0.25) is 0 Å². The molecule has 40 heavy (non-hydrogen) atoms. The van der Waals surface area contributed by atoms with Crippen LogP contribution in [0.3, 0.4) is 0 Å². The van der Waals surface area contributed by atoms with Gasteiger partial charge in [0.1, 0.15) is 0 Å². The zero-order valence-corrected chi connectivity index (χ0v) is 24.3. The number of benzene rings is 6. The number of rotatable bonds is 0. The maximum Gasteiger partial charge on any atom is -0.00137 e. The smallest absolute Gasteiger partial charge is 0.00137 e. The molecule has 0 radical (unpaired) electrons. The molecule has 6 aromatic carbocycles. The zero-order chi connectivity index (χ0) is 26.8. The molecule has 0 nitrogen and oxygen atoms in total. The lowest BCUT2D eigenvalue weighted by Gasteiger charge is -2.22. The van der Waals surface area contributed by atoms with E-state index < -0.39 is 0 Å². The fourth-order valence-electron chi connectivity index (χ4n) is 8.52. The standard InChI is InChI=1S/C40H40/c1-25-26(2)29-18-12-10-8-6-4-3-5-7-9-11-17-28(25)37-34-23-21-32-30-19-13-15-27-16-14-20-31(36(27)30)33-22-24-35(38(29)37)40(34)39(32)33/h13-16,19-24H,3-12,17-18H2,1-2H3. The summed E-state index contributed by atoms with van der Waals surface area (Å²) >= 11 is 0. The first-order valence-corrected chi connectivity index (χ1v) is 16.0. The Morgan fingerprint density at radius 1 is 0.400 bits per heavy atom. The summed E-state index contributed by atoms with van der Waals surface area (Å²) in [6.45, 7) is 4.86. The van der Waals surface area contributed by atoms with E-state index >= 15 is 0 Å². The van der Waals surface area contributed by atoms with Crippen molar-refractivity contribution in [1.82, 2.24) is 0 Å². The molecule has 0 aliphatic heterocycles. The molecule has 0 heterocycles. The maximum atomic E-state index is 2.49. The molecule has 200 valence electrons. The van der Waals surface area contributed by atoms with Gasteiger partial charge in [0.15, 0.2) is 0 Å². The molecule has 2 bridgehead atoms. The van der Waals surface area contributed by atoms with Crippen LogP contribution in [0, 0.1) is 13.8 Å². The van der Waals surface area contributed by atoms with E-state index in [9.17, 15) is 0 Å². The first-order chi connectivity index (χ1) is 19.7. The van der Waals surface area contributed by atoms with Gasteiger partial charge in [0.2, 0.25) is 0 Å². The van der Waals surface area contributed by atoms with Crippen LogP contribution >= 0.6 is 0 Å². The molecule has 0 saturated heterocycles. The molecule has 6 aromatic rings. The third-order valence-electron chi connectivity index (χ3n) is 10.6. The number of hydrogen-bond donors (Lipinski definition) is 0. The molecule has 8 rings (SSSR count). The molecule has 2 aliphatic rings. The van der Waals surface area contributed by atoms with Crippen molar-refractivity contribution in [3.8, 4) is 22.3 Å². The van der Waals surface area contributed by atoms with Crippen LogP contribution in [0.15, 0.2) is 60.7 Å². The molecule has 0 heteroatoms. The van der Waals surface area contributed by atoms with Gasteiger partial charge in [-0.3, -0.25) is 0 Å². The summed E-state index contributed by atoms with van der Waals surface area (Å²) < 4.78 is 0. The molecule has 0 fully saturated rings. The molecule has 0 spiro atoms. The Morgan fingerprint density at radius 3 is 1.30 bits per heavy atom. The highest BCUT2D eigenvalue weighted by Gasteiger charge is 2.30. The Balaban J connectivity index is 1.43. The SMILES string of the molecule is Cc1c(C)c2c3c(c1CCCCCCCCCCCC2)-c1ccc2c4cccc5cccc(c6ccc-3c1c26)c54. The number of hydrogen-bond acceptors (Lipinski definition) is 0. The highest BCUT2D eigenvalue weighted by molar-refractivity contribution is 6.37. The third kappa shape index (κ3) is 3.51. The second kappa shape index (κ2) is 9.62. The molecular weight excluding hydrogens is 480 g/mol. The highest BCUT2D eigenvalue weighted by atomic mass is 14.3. The normalized spacial score (nSPS) is 16.6. The Bertz CT molecular complexity index is 1790.